The summed E-state index contributed by atoms with van der Waals surface area (Å²) in [7, 11) is -1.94. The molecule has 1 heterocycles. The summed E-state index contributed by atoms with van der Waals surface area (Å²) in [4.78, 5) is 4.17. The van der Waals surface area contributed by atoms with E-state index in [-0.39, 0.29) is 4.90 Å². The number of hydrogen-bond acceptors (Lipinski definition) is 4. The summed E-state index contributed by atoms with van der Waals surface area (Å²) in [5, 5.41) is 3.28. The normalized spacial score (nSPS) is 11.8. The van der Waals surface area contributed by atoms with Crippen molar-refractivity contribution in [1.29, 1.82) is 0 Å². The van der Waals surface area contributed by atoms with E-state index in [1.54, 1.807) is 7.05 Å². The number of nitrogens with one attached hydrogen (secondary N) is 1. The second-order valence-electron chi connectivity index (χ2n) is 4.21. The fourth-order valence-electron chi connectivity index (χ4n) is 1.54. The lowest BCUT2D eigenvalue weighted by molar-refractivity contribution is 0.459. The number of unbranched alkanes of at least 4 members (excludes halogenated alkanes) is 1. The maximum absolute atomic E-state index is 12.3. The fraction of sp³-hybridized carbons (Fsp3) is 0.583. The van der Waals surface area contributed by atoms with E-state index in [4.69, 9.17) is 11.6 Å². The minimum Gasteiger partial charge on any atom is -0.369 e. The van der Waals surface area contributed by atoms with Crippen LogP contribution < -0.4 is 5.32 Å². The van der Waals surface area contributed by atoms with E-state index in [2.05, 4.69) is 10.3 Å². The molecule has 0 aliphatic rings. The van der Waals surface area contributed by atoms with Gasteiger partial charge in [-0.3, -0.25) is 0 Å². The monoisotopic (exact) mass is 305 g/mol. The molecule has 0 fully saturated rings. The van der Waals surface area contributed by atoms with Crippen LogP contribution in [0.3, 0.4) is 0 Å². The van der Waals surface area contributed by atoms with E-state index in [0.717, 1.165) is 12.8 Å². The average molecular weight is 306 g/mol. The van der Waals surface area contributed by atoms with E-state index in [1.165, 1.54) is 16.6 Å². The Morgan fingerprint density at radius 2 is 2.11 bits per heavy atom. The molecule has 0 saturated carbocycles. The van der Waals surface area contributed by atoms with Crippen molar-refractivity contribution in [2.45, 2.75) is 31.6 Å². The Morgan fingerprint density at radius 3 is 2.63 bits per heavy atom. The van der Waals surface area contributed by atoms with E-state index < -0.39 is 10.0 Å². The van der Waals surface area contributed by atoms with E-state index in [9.17, 15) is 8.42 Å². The van der Waals surface area contributed by atoms with Crippen LogP contribution >= 0.6 is 11.6 Å². The SMILES string of the molecule is CCCCN(C)S(=O)(=O)c1cnc(NCC)c(Cl)c1. The Balaban J connectivity index is 2.99. The predicted octanol–water partition coefficient (Wildman–Crippen LogP) is 2.59. The number of nitrogens with zero attached hydrogens (tertiary/aromatic N) is 2. The lowest BCUT2D eigenvalue weighted by atomic mass is 10.3. The fourth-order valence-corrected chi connectivity index (χ4v) is 3.02. The maximum atomic E-state index is 12.3. The van der Waals surface area contributed by atoms with E-state index in [1.807, 2.05) is 13.8 Å². The first-order valence-corrected chi connectivity index (χ1v) is 8.11. The van der Waals surface area contributed by atoms with Crippen LogP contribution in [0.5, 0.6) is 0 Å². The largest absolute Gasteiger partial charge is 0.369 e. The Kier molecular flexibility index (Phi) is 6.03. The van der Waals surface area contributed by atoms with Gasteiger partial charge in [-0.05, 0) is 19.4 Å². The minimum absolute atomic E-state index is 0.123. The average Bonchev–Trinajstić information content (AvgIpc) is 2.38. The molecule has 1 aromatic rings. The van der Waals surface area contributed by atoms with Crippen LogP contribution in [-0.2, 0) is 10.0 Å². The van der Waals surface area contributed by atoms with E-state index >= 15 is 0 Å². The third kappa shape index (κ3) is 4.06. The molecule has 0 radical (unpaired) electrons. The highest BCUT2D eigenvalue weighted by Crippen LogP contribution is 2.24. The van der Waals surface area contributed by atoms with Gasteiger partial charge in [0.1, 0.15) is 10.7 Å². The molecule has 0 aromatic carbocycles. The molecule has 0 unspecified atom stereocenters. The lowest BCUT2D eigenvalue weighted by Gasteiger charge is -2.17. The predicted molar refractivity (Wildman–Crippen MR) is 78.1 cm³/mol. The van der Waals surface area contributed by atoms with Gasteiger partial charge in [-0.1, -0.05) is 24.9 Å². The first-order valence-electron chi connectivity index (χ1n) is 6.29. The van der Waals surface area contributed by atoms with Crippen LogP contribution in [0.1, 0.15) is 26.7 Å². The van der Waals surface area contributed by atoms with Crippen molar-refractivity contribution in [2.75, 3.05) is 25.5 Å². The molecular formula is C12H20ClN3O2S. The van der Waals surface area contributed by atoms with Gasteiger partial charge in [0, 0.05) is 26.3 Å². The topological polar surface area (TPSA) is 62.3 Å². The first-order chi connectivity index (χ1) is 8.93. The van der Waals surface area contributed by atoms with Crippen LogP contribution in [0.4, 0.5) is 5.82 Å². The van der Waals surface area contributed by atoms with Crippen molar-refractivity contribution < 1.29 is 8.42 Å². The number of halogens is 1. The molecule has 0 aliphatic heterocycles. The number of hydrogen-bond donors (Lipinski definition) is 1. The summed E-state index contributed by atoms with van der Waals surface area (Å²) in [6.45, 7) is 5.10. The zero-order chi connectivity index (χ0) is 14.5. The number of pyridine rings is 1. The number of aromatic nitrogens is 1. The molecule has 5 nitrogen and oxygen atoms in total. The molecule has 1 rings (SSSR count). The summed E-state index contributed by atoms with van der Waals surface area (Å²) in [6.07, 6.45) is 3.10. The van der Waals surface area contributed by atoms with Crippen molar-refractivity contribution in [3.63, 3.8) is 0 Å². The smallest absolute Gasteiger partial charge is 0.244 e. The summed E-state index contributed by atoms with van der Waals surface area (Å²) in [5.41, 5.74) is 0. The van der Waals surface area contributed by atoms with Crippen LogP contribution in [0, 0.1) is 0 Å². The first kappa shape index (κ1) is 16.2. The van der Waals surface area contributed by atoms with Gasteiger partial charge in [0.2, 0.25) is 10.0 Å². The van der Waals surface area contributed by atoms with Gasteiger partial charge < -0.3 is 5.32 Å². The second kappa shape index (κ2) is 7.07. The summed E-state index contributed by atoms with van der Waals surface area (Å²) in [5.74, 6) is 0.499. The molecule has 0 bridgehead atoms. The molecular weight excluding hydrogens is 286 g/mol. The third-order valence-corrected chi connectivity index (χ3v) is 4.81. The Morgan fingerprint density at radius 1 is 1.42 bits per heavy atom. The molecule has 0 atom stereocenters. The van der Waals surface area contributed by atoms with Gasteiger partial charge in [0.05, 0.1) is 5.02 Å². The number of anilines is 1. The van der Waals surface area contributed by atoms with Gasteiger partial charge in [-0.25, -0.2) is 17.7 Å². The van der Waals surface area contributed by atoms with Gasteiger partial charge in [0.25, 0.3) is 0 Å². The molecule has 0 aliphatic carbocycles. The lowest BCUT2D eigenvalue weighted by Crippen LogP contribution is -2.28. The van der Waals surface area contributed by atoms with Gasteiger partial charge in [0.15, 0.2) is 0 Å². The Hall–Kier alpha value is -0.850. The Bertz CT molecular complexity index is 520. The molecule has 1 N–H and O–H groups in total. The third-order valence-electron chi connectivity index (χ3n) is 2.70. The second-order valence-corrected chi connectivity index (χ2v) is 6.66. The molecule has 0 amide bonds. The standard InChI is InChI=1S/C12H20ClN3O2S/c1-4-6-7-16(3)19(17,18)10-8-11(13)12(14-5-2)15-9-10/h8-9H,4-7H2,1-3H3,(H,14,15). The maximum Gasteiger partial charge on any atom is 0.244 e. The van der Waals surface area contributed by atoms with Gasteiger partial charge in [-0.15, -0.1) is 0 Å². The number of rotatable bonds is 7. The molecule has 0 spiro atoms. The summed E-state index contributed by atoms with van der Waals surface area (Å²) in [6, 6.07) is 1.43. The van der Waals surface area contributed by atoms with Crippen molar-refractivity contribution >= 4 is 27.4 Å². The highest BCUT2D eigenvalue weighted by atomic mass is 35.5. The zero-order valence-corrected chi connectivity index (χ0v) is 13.1. The van der Waals surface area contributed by atoms with E-state index in [0.29, 0.717) is 23.9 Å². The van der Waals surface area contributed by atoms with Crippen LogP contribution in [0.15, 0.2) is 17.2 Å². The van der Waals surface area contributed by atoms with Crippen molar-refractivity contribution in [2.24, 2.45) is 0 Å². The van der Waals surface area contributed by atoms with Crippen LogP contribution in [-0.4, -0.2) is 37.8 Å². The molecule has 108 valence electrons. The van der Waals surface area contributed by atoms with Crippen molar-refractivity contribution in [3.05, 3.63) is 17.3 Å². The summed E-state index contributed by atoms with van der Waals surface area (Å²) < 4.78 is 25.9. The number of sulfonamides is 1. The molecule has 0 saturated heterocycles. The van der Waals surface area contributed by atoms with Crippen LogP contribution in [0.2, 0.25) is 5.02 Å². The molecule has 19 heavy (non-hydrogen) atoms. The quantitative estimate of drug-likeness (QED) is 0.841. The molecule has 7 heteroatoms. The van der Waals surface area contributed by atoms with Gasteiger partial charge in [-0.2, -0.15) is 0 Å². The van der Waals surface area contributed by atoms with Crippen LogP contribution in [0.25, 0.3) is 0 Å². The molecule has 1 aromatic heterocycles. The van der Waals surface area contributed by atoms with Crippen molar-refractivity contribution in [1.82, 2.24) is 9.29 Å². The van der Waals surface area contributed by atoms with Crippen molar-refractivity contribution in [3.8, 4) is 0 Å². The van der Waals surface area contributed by atoms with Gasteiger partial charge >= 0.3 is 0 Å². The highest BCUT2D eigenvalue weighted by Gasteiger charge is 2.21. The Labute approximate surface area is 120 Å². The summed E-state index contributed by atoms with van der Waals surface area (Å²) >= 11 is 6.02. The zero-order valence-electron chi connectivity index (χ0n) is 11.5. The minimum atomic E-state index is -3.51. The highest BCUT2D eigenvalue weighted by molar-refractivity contribution is 7.89.